The van der Waals surface area contributed by atoms with Crippen LogP contribution < -0.4 is 10.5 Å². The molecule has 0 radical (unpaired) electrons. The van der Waals surface area contributed by atoms with E-state index in [0.717, 1.165) is 55.0 Å². The summed E-state index contributed by atoms with van der Waals surface area (Å²) in [7, 11) is 1.65. The maximum atomic E-state index is 12.5. The Kier molecular flexibility index (Phi) is 7.07. The Balaban J connectivity index is 1.25. The van der Waals surface area contributed by atoms with E-state index in [1.165, 1.54) is 16.3 Å². The van der Waals surface area contributed by atoms with Crippen LogP contribution in [0.2, 0.25) is 5.02 Å². The van der Waals surface area contributed by atoms with E-state index in [2.05, 4.69) is 52.9 Å². The molecular formula is C31H32ClN3O2. The second kappa shape index (κ2) is 10.4. The van der Waals surface area contributed by atoms with E-state index in [-0.39, 0.29) is 5.56 Å². The van der Waals surface area contributed by atoms with E-state index < -0.39 is 0 Å². The van der Waals surface area contributed by atoms with Gasteiger partial charge in [0.2, 0.25) is 0 Å². The number of aromatic nitrogens is 2. The summed E-state index contributed by atoms with van der Waals surface area (Å²) in [4.78, 5) is 19.3. The third-order valence-corrected chi connectivity index (χ3v) is 7.66. The van der Waals surface area contributed by atoms with Crippen molar-refractivity contribution >= 4 is 33.8 Å². The smallest absolute Gasteiger partial charge is 0.258 e. The Hall–Kier alpha value is -3.57. The molecule has 1 saturated heterocycles. The first kappa shape index (κ1) is 25.1. The summed E-state index contributed by atoms with van der Waals surface area (Å²) in [6.45, 7) is 9.55. The molecule has 0 saturated carbocycles. The first-order valence-electron chi connectivity index (χ1n) is 12.7. The highest BCUT2D eigenvalue weighted by Crippen LogP contribution is 2.33. The molecule has 0 bridgehead atoms. The Morgan fingerprint density at radius 3 is 2.46 bits per heavy atom. The summed E-state index contributed by atoms with van der Waals surface area (Å²) in [6, 6.07) is 20.5. The number of fused-ring (bicyclic) bond motifs is 1. The lowest BCUT2D eigenvalue weighted by atomic mass is 9.89. The average Bonchev–Trinajstić information content (AvgIpc) is 2.88. The molecule has 0 aliphatic carbocycles. The van der Waals surface area contributed by atoms with Crippen LogP contribution in [-0.2, 0) is 11.2 Å². The number of anilines is 1. The number of hydrogen-bond donors (Lipinski definition) is 0. The van der Waals surface area contributed by atoms with Gasteiger partial charge in [-0.3, -0.25) is 9.36 Å². The SMILES string of the molecule is C=C(OC)c1ccc2cc(CC3CCN(c4ccc(-n5c(C)nc(C)cc5=O)cc4Cl)CC3)ccc2c1. The maximum absolute atomic E-state index is 12.5. The molecule has 1 aliphatic heterocycles. The van der Waals surface area contributed by atoms with Gasteiger partial charge >= 0.3 is 0 Å². The van der Waals surface area contributed by atoms with Crippen molar-refractivity contribution in [1.29, 1.82) is 0 Å². The third kappa shape index (κ3) is 5.28. The van der Waals surface area contributed by atoms with Crippen LogP contribution in [0.4, 0.5) is 5.69 Å². The molecule has 5 rings (SSSR count). The Morgan fingerprint density at radius 2 is 1.76 bits per heavy atom. The number of hydrogen-bond acceptors (Lipinski definition) is 4. The number of rotatable bonds is 6. The molecule has 0 spiro atoms. The van der Waals surface area contributed by atoms with Crippen molar-refractivity contribution in [3.8, 4) is 5.69 Å². The van der Waals surface area contributed by atoms with Crippen molar-refractivity contribution in [1.82, 2.24) is 9.55 Å². The van der Waals surface area contributed by atoms with E-state index in [4.69, 9.17) is 16.3 Å². The van der Waals surface area contributed by atoms with Crippen LogP contribution in [-0.4, -0.2) is 29.8 Å². The lowest BCUT2D eigenvalue weighted by Gasteiger charge is -2.34. The second-order valence-corrected chi connectivity index (χ2v) is 10.3. The molecule has 0 unspecified atom stereocenters. The molecule has 1 aromatic heterocycles. The van der Waals surface area contributed by atoms with Crippen molar-refractivity contribution in [2.45, 2.75) is 33.1 Å². The van der Waals surface area contributed by atoms with Gasteiger partial charge in [-0.25, -0.2) is 4.98 Å². The van der Waals surface area contributed by atoms with Gasteiger partial charge in [0.25, 0.3) is 5.56 Å². The molecule has 3 aromatic carbocycles. The van der Waals surface area contributed by atoms with E-state index >= 15 is 0 Å². The van der Waals surface area contributed by atoms with E-state index in [9.17, 15) is 4.79 Å². The van der Waals surface area contributed by atoms with Crippen molar-refractivity contribution in [3.05, 3.63) is 105 Å². The number of piperidine rings is 1. The predicted molar refractivity (Wildman–Crippen MR) is 153 cm³/mol. The largest absolute Gasteiger partial charge is 0.497 e. The Labute approximate surface area is 223 Å². The van der Waals surface area contributed by atoms with Crippen LogP contribution >= 0.6 is 11.6 Å². The molecule has 2 heterocycles. The third-order valence-electron chi connectivity index (χ3n) is 7.36. The predicted octanol–water partition coefficient (Wildman–Crippen LogP) is 6.73. The molecule has 4 aromatic rings. The molecule has 37 heavy (non-hydrogen) atoms. The van der Waals surface area contributed by atoms with Crippen LogP contribution in [0.3, 0.4) is 0 Å². The molecular weight excluding hydrogens is 482 g/mol. The van der Waals surface area contributed by atoms with Gasteiger partial charge in [-0.2, -0.15) is 0 Å². The Morgan fingerprint density at radius 1 is 1.03 bits per heavy atom. The van der Waals surface area contributed by atoms with Crippen LogP contribution in [0.25, 0.3) is 22.2 Å². The normalized spacial score (nSPS) is 14.2. The fraction of sp³-hybridized carbons (Fsp3) is 0.290. The first-order chi connectivity index (χ1) is 17.8. The summed E-state index contributed by atoms with van der Waals surface area (Å²) in [6.07, 6.45) is 3.30. The lowest BCUT2D eigenvalue weighted by molar-refractivity contribution is 0.371. The van der Waals surface area contributed by atoms with Gasteiger partial charge in [-0.1, -0.05) is 48.5 Å². The van der Waals surface area contributed by atoms with Gasteiger partial charge < -0.3 is 9.64 Å². The summed E-state index contributed by atoms with van der Waals surface area (Å²) in [5.74, 6) is 1.98. The fourth-order valence-electron chi connectivity index (χ4n) is 5.37. The van der Waals surface area contributed by atoms with Gasteiger partial charge in [0.1, 0.15) is 11.6 Å². The highest BCUT2D eigenvalue weighted by atomic mass is 35.5. The van der Waals surface area contributed by atoms with E-state index in [0.29, 0.717) is 22.5 Å². The molecule has 0 atom stereocenters. The molecule has 6 heteroatoms. The summed E-state index contributed by atoms with van der Waals surface area (Å²) >= 11 is 6.72. The topological polar surface area (TPSA) is 47.4 Å². The van der Waals surface area contributed by atoms with Gasteiger partial charge in [0.15, 0.2) is 0 Å². The second-order valence-electron chi connectivity index (χ2n) is 9.91. The zero-order valence-corrected chi connectivity index (χ0v) is 22.4. The van der Waals surface area contributed by atoms with Gasteiger partial charge in [0, 0.05) is 30.4 Å². The summed E-state index contributed by atoms with van der Waals surface area (Å²) in [5, 5.41) is 3.10. The summed E-state index contributed by atoms with van der Waals surface area (Å²) < 4.78 is 6.88. The van der Waals surface area contributed by atoms with E-state index in [1.54, 1.807) is 17.7 Å². The van der Waals surface area contributed by atoms with Gasteiger partial charge in [-0.05, 0) is 79.6 Å². The Bertz CT molecular complexity index is 1530. The maximum Gasteiger partial charge on any atom is 0.258 e. The number of ether oxygens (including phenoxy) is 1. The van der Waals surface area contributed by atoms with Gasteiger partial charge in [0.05, 0.1) is 23.5 Å². The number of methoxy groups -OCH3 is 1. The van der Waals surface area contributed by atoms with Crippen LogP contribution in [0.15, 0.2) is 72.0 Å². The minimum atomic E-state index is -0.0933. The first-order valence-corrected chi connectivity index (χ1v) is 13.1. The van der Waals surface area contributed by atoms with Crippen LogP contribution in [0.1, 0.15) is 35.5 Å². The van der Waals surface area contributed by atoms with Crippen LogP contribution in [0, 0.1) is 19.8 Å². The minimum Gasteiger partial charge on any atom is -0.497 e. The molecule has 1 fully saturated rings. The molecule has 5 nitrogen and oxygen atoms in total. The number of benzene rings is 3. The highest BCUT2D eigenvalue weighted by molar-refractivity contribution is 6.33. The van der Waals surface area contributed by atoms with Crippen molar-refractivity contribution < 1.29 is 4.74 Å². The summed E-state index contributed by atoms with van der Waals surface area (Å²) in [5.41, 5.74) is 4.78. The lowest BCUT2D eigenvalue weighted by Crippen LogP contribution is -2.34. The molecule has 1 aliphatic rings. The van der Waals surface area contributed by atoms with Crippen molar-refractivity contribution in [2.75, 3.05) is 25.1 Å². The standard InChI is InChI=1S/C31H32ClN3O2/c1-20-15-31(36)35(22(3)33-20)28-9-10-30(29(32)19-28)34-13-11-23(12-14-34)16-24-5-6-27-18-25(21(2)37-4)7-8-26(27)17-24/h5-10,15,17-19,23H,2,11-14,16H2,1,3-4H3. The molecule has 0 amide bonds. The number of aryl methyl sites for hydroxylation is 2. The number of halogens is 1. The number of nitrogens with zero attached hydrogens (tertiary/aromatic N) is 3. The van der Waals surface area contributed by atoms with Crippen molar-refractivity contribution in [3.63, 3.8) is 0 Å². The zero-order chi connectivity index (χ0) is 26.1. The highest BCUT2D eigenvalue weighted by Gasteiger charge is 2.22. The van der Waals surface area contributed by atoms with E-state index in [1.807, 2.05) is 32.0 Å². The van der Waals surface area contributed by atoms with Crippen LogP contribution in [0.5, 0.6) is 0 Å². The molecule has 0 N–H and O–H groups in total. The van der Waals surface area contributed by atoms with Gasteiger partial charge in [-0.15, -0.1) is 0 Å². The average molecular weight is 514 g/mol. The fourth-order valence-corrected chi connectivity index (χ4v) is 5.66. The van der Waals surface area contributed by atoms with Crippen molar-refractivity contribution in [2.24, 2.45) is 5.92 Å². The monoisotopic (exact) mass is 513 g/mol. The minimum absolute atomic E-state index is 0.0933. The molecule has 190 valence electrons. The quantitative estimate of drug-likeness (QED) is 0.268. The zero-order valence-electron chi connectivity index (χ0n) is 21.6.